The molecule has 3 aromatic heterocycles. The second-order valence-corrected chi connectivity index (χ2v) is 4.67. The Morgan fingerprint density at radius 2 is 1.88 bits per heavy atom. The highest BCUT2D eigenvalue weighted by Crippen LogP contribution is 2.43. The summed E-state index contributed by atoms with van der Waals surface area (Å²) in [6.07, 6.45) is 5.15. The maximum atomic E-state index is 4.45. The van der Waals surface area contributed by atoms with Crippen molar-refractivity contribution < 1.29 is 0 Å². The van der Waals surface area contributed by atoms with E-state index in [2.05, 4.69) is 19.9 Å². The van der Waals surface area contributed by atoms with Gasteiger partial charge < -0.3 is 0 Å². The smallest absolute Gasteiger partial charge is 0.117 e. The van der Waals surface area contributed by atoms with Gasteiger partial charge in [-0.25, -0.2) is 15.0 Å². The molecule has 4 heterocycles. The van der Waals surface area contributed by atoms with Crippen LogP contribution in [0.4, 0.5) is 0 Å². The molecule has 0 aromatic carbocycles. The molecule has 4 nitrogen and oxygen atoms in total. The molecule has 1 aliphatic heterocycles. The van der Waals surface area contributed by atoms with Gasteiger partial charge in [0.1, 0.15) is 16.4 Å². The van der Waals surface area contributed by atoms with Gasteiger partial charge in [0.25, 0.3) is 0 Å². The molecular formula is C12H6N4S. The van der Waals surface area contributed by atoms with Gasteiger partial charge in [-0.1, -0.05) is 0 Å². The van der Waals surface area contributed by atoms with Crippen molar-refractivity contribution in [2.75, 3.05) is 0 Å². The lowest BCUT2D eigenvalue weighted by atomic mass is 10.1. The summed E-state index contributed by atoms with van der Waals surface area (Å²) in [6.45, 7) is 0. The van der Waals surface area contributed by atoms with Gasteiger partial charge in [0.2, 0.25) is 0 Å². The summed E-state index contributed by atoms with van der Waals surface area (Å²) in [5.41, 5.74) is 2.92. The number of aromatic nitrogens is 4. The molecule has 0 spiro atoms. The first-order valence-corrected chi connectivity index (χ1v) is 5.98. The SMILES string of the molecule is c1cnc2c(c1)-c1nccc3ncnc(c13)S2. The first-order chi connectivity index (χ1) is 8.43. The van der Waals surface area contributed by atoms with Crippen LogP contribution in [-0.2, 0) is 0 Å². The van der Waals surface area contributed by atoms with Crippen molar-refractivity contribution >= 4 is 22.7 Å². The van der Waals surface area contributed by atoms with Crippen LogP contribution in [0.25, 0.3) is 22.2 Å². The number of hydrogen-bond acceptors (Lipinski definition) is 5. The average Bonchev–Trinajstić information content (AvgIpc) is 2.39. The van der Waals surface area contributed by atoms with Crippen molar-refractivity contribution in [3.8, 4) is 11.3 Å². The third-order valence-electron chi connectivity index (χ3n) is 2.73. The summed E-state index contributed by atoms with van der Waals surface area (Å²) in [5.74, 6) is 0. The predicted octanol–water partition coefficient (Wildman–Crippen LogP) is 2.55. The maximum absolute atomic E-state index is 4.45. The van der Waals surface area contributed by atoms with E-state index < -0.39 is 0 Å². The molecule has 0 saturated carbocycles. The Hall–Kier alpha value is -2.01. The summed E-state index contributed by atoms with van der Waals surface area (Å²) in [5, 5.41) is 2.92. The summed E-state index contributed by atoms with van der Waals surface area (Å²) >= 11 is 1.57. The monoisotopic (exact) mass is 238 g/mol. The lowest BCUT2D eigenvalue weighted by Crippen LogP contribution is -1.99. The molecule has 4 rings (SSSR count). The minimum Gasteiger partial charge on any atom is -0.255 e. The van der Waals surface area contributed by atoms with E-state index in [1.807, 2.05) is 18.2 Å². The molecule has 17 heavy (non-hydrogen) atoms. The number of pyridine rings is 2. The van der Waals surface area contributed by atoms with Crippen LogP contribution in [-0.4, -0.2) is 19.9 Å². The van der Waals surface area contributed by atoms with Crippen molar-refractivity contribution in [1.29, 1.82) is 0 Å². The minimum absolute atomic E-state index is 0.931. The normalized spacial score (nSPS) is 12.5. The van der Waals surface area contributed by atoms with Crippen LogP contribution in [0.2, 0.25) is 0 Å². The Morgan fingerprint density at radius 3 is 2.88 bits per heavy atom. The van der Waals surface area contributed by atoms with E-state index in [1.165, 1.54) is 0 Å². The lowest BCUT2D eigenvalue weighted by Gasteiger charge is -2.16. The zero-order valence-corrected chi connectivity index (χ0v) is 9.48. The quantitative estimate of drug-likeness (QED) is 0.441. The van der Waals surface area contributed by atoms with Crippen LogP contribution in [0.3, 0.4) is 0 Å². The van der Waals surface area contributed by atoms with Crippen molar-refractivity contribution in [3.05, 3.63) is 36.9 Å². The van der Waals surface area contributed by atoms with Gasteiger partial charge in [-0.2, -0.15) is 0 Å². The molecule has 0 bridgehead atoms. The molecule has 0 N–H and O–H groups in total. The summed E-state index contributed by atoms with van der Waals surface area (Å²) in [7, 11) is 0. The van der Waals surface area contributed by atoms with Gasteiger partial charge in [-0.3, -0.25) is 4.98 Å². The van der Waals surface area contributed by atoms with Crippen molar-refractivity contribution in [3.63, 3.8) is 0 Å². The predicted molar refractivity (Wildman–Crippen MR) is 64.7 cm³/mol. The molecule has 5 heteroatoms. The van der Waals surface area contributed by atoms with E-state index >= 15 is 0 Å². The molecule has 0 radical (unpaired) electrons. The fourth-order valence-corrected chi connectivity index (χ4v) is 2.98. The third-order valence-corrected chi connectivity index (χ3v) is 3.76. The second-order valence-electron chi connectivity index (χ2n) is 3.69. The van der Waals surface area contributed by atoms with Crippen LogP contribution in [0.1, 0.15) is 0 Å². The molecule has 0 atom stereocenters. The van der Waals surface area contributed by atoms with Crippen molar-refractivity contribution in [2.45, 2.75) is 10.1 Å². The third kappa shape index (κ3) is 1.20. The van der Waals surface area contributed by atoms with Gasteiger partial charge >= 0.3 is 0 Å². The molecule has 0 aliphatic carbocycles. The van der Waals surface area contributed by atoms with Crippen LogP contribution in [0, 0.1) is 0 Å². The minimum atomic E-state index is 0.931. The molecule has 0 unspecified atom stereocenters. The molecule has 80 valence electrons. The Balaban J connectivity index is 2.22. The molecule has 0 fully saturated rings. The van der Waals surface area contributed by atoms with Gasteiger partial charge in [0.15, 0.2) is 0 Å². The zero-order chi connectivity index (χ0) is 11.2. The number of rotatable bonds is 0. The van der Waals surface area contributed by atoms with Gasteiger partial charge in [-0.05, 0) is 30.0 Å². The highest BCUT2D eigenvalue weighted by atomic mass is 32.2. The largest absolute Gasteiger partial charge is 0.255 e. The summed E-state index contributed by atoms with van der Waals surface area (Å²) in [6, 6.07) is 5.87. The zero-order valence-electron chi connectivity index (χ0n) is 8.66. The highest BCUT2D eigenvalue weighted by Gasteiger charge is 2.21. The maximum Gasteiger partial charge on any atom is 0.117 e. The molecular weight excluding hydrogens is 232 g/mol. The van der Waals surface area contributed by atoms with Gasteiger partial charge in [-0.15, -0.1) is 0 Å². The molecule has 1 aliphatic rings. The topological polar surface area (TPSA) is 51.6 Å². The first kappa shape index (κ1) is 9.07. The number of fused-ring (bicyclic) bond motifs is 2. The van der Waals surface area contributed by atoms with E-state index in [1.54, 1.807) is 30.5 Å². The van der Waals surface area contributed by atoms with Crippen molar-refractivity contribution in [2.24, 2.45) is 0 Å². The van der Waals surface area contributed by atoms with Gasteiger partial charge in [0, 0.05) is 18.0 Å². The van der Waals surface area contributed by atoms with E-state index in [9.17, 15) is 0 Å². The highest BCUT2D eigenvalue weighted by molar-refractivity contribution is 7.99. The summed E-state index contributed by atoms with van der Waals surface area (Å²) in [4.78, 5) is 17.4. The van der Waals surface area contributed by atoms with E-state index in [0.717, 1.165) is 32.2 Å². The van der Waals surface area contributed by atoms with Crippen LogP contribution in [0.15, 0.2) is 47.0 Å². The molecule has 0 saturated heterocycles. The number of nitrogens with zero attached hydrogens (tertiary/aromatic N) is 4. The summed E-state index contributed by atoms with van der Waals surface area (Å²) < 4.78 is 0. The molecule has 3 aromatic rings. The van der Waals surface area contributed by atoms with Crippen LogP contribution in [0.5, 0.6) is 0 Å². The Kier molecular flexibility index (Phi) is 1.73. The Morgan fingerprint density at radius 1 is 0.882 bits per heavy atom. The van der Waals surface area contributed by atoms with Crippen LogP contribution >= 0.6 is 11.8 Å². The van der Waals surface area contributed by atoms with Crippen molar-refractivity contribution in [1.82, 2.24) is 19.9 Å². The van der Waals surface area contributed by atoms with Crippen LogP contribution < -0.4 is 0 Å². The standard InChI is InChI=1S/C12H6N4S/c1-2-7-10-9-8(3-5-13-10)15-6-16-12(9)17-11(7)14-4-1/h1-6H. The lowest BCUT2D eigenvalue weighted by molar-refractivity contribution is 1.05. The Labute approximate surface area is 101 Å². The van der Waals surface area contributed by atoms with E-state index in [4.69, 9.17) is 0 Å². The van der Waals surface area contributed by atoms with Gasteiger partial charge in [0.05, 0.1) is 16.6 Å². The Bertz CT molecular complexity index is 736. The van der Waals surface area contributed by atoms with E-state index in [0.29, 0.717) is 0 Å². The fourth-order valence-electron chi connectivity index (χ4n) is 2.00. The fraction of sp³-hybridized carbons (Fsp3) is 0. The second kappa shape index (κ2) is 3.24. The first-order valence-electron chi connectivity index (χ1n) is 5.16. The number of hydrogen-bond donors (Lipinski definition) is 0. The molecule has 0 amide bonds. The average molecular weight is 238 g/mol. The van der Waals surface area contributed by atoms with E-state index in [-0.39, 0.29) is 0 Å².